The number of aromatic nitrogens is 2. The molecule has 136 valence electrons. The summed E-state index contributed by atoms with van der Waals surface area (Å²) in [6, 6.07) is 6.26. The number of anilines is 1. The smallest absolute Gasteiger partial charge is 0.224 e. The first-order chi connectivity index (χ1) is 12.5. The molecular formula is C21H26N4O. The summed E-state index contributed by atoms with van der Waals surface area (Å²) in [5.74, 6) is 0.0430. The van der Waals surface area contributed by atoms with Crippen molar-refractivity contribution in [3.8, 4) is 0 Å². The van der Waals surface area contributed by atoms with Crippen molar-refractivity contribution in [2.45, 2.75) is 34.1 Å². The van der Waals surface area contributed by atoms with Crippen molar-refractivity contribution < 1.29 is 4.79 Å². The van der Waals surface area contributed by atoms with Gasteiger partial charge in [-0.3, -0.25) is 9.78 Å². The van der Waals surface area contributed by atoms with Crippen LogP contribution in [0.15, 0.2) is 30.6 Å². The first-order valence-corrected chi connectivity index (χ1v) is 8.95. The van der Waals surface area contributed by atoms with Gasteiger partial charge in [0, 0.05) is 47.8 Å². The SMILES string of the molecule is Cc1cc(C)c2[nH]c(C)c(CC(=O)NCCNc3ccncc3C)c2c1. The van der Waals surface area contributed by atoms with Crippen LogP contribution in [0.4, 0.5) is 5.69 Å². The lowest BCUT2D eigenvalue weighted by molar-refractivity contribution is -0.120. The Labute approximate surface area is 154 Å². The highest BCUT2D eigenvalue weighted by Crippen LogP contribution is 2.26. The molecule has 0 saturated heterocycles. The van der Waals surface area contributed by atoms with E-state index in [0.717, 1.165) is 33.4 Å². The molecule has 0 bridgehead atoms. The largest absolute Gasteiger partial charge is 0.383 e. The van der Waals surface area contributed by atoms with Gasteiger partial charge in [-0.15, -0.1) is 0 Å². The Morgan fingerprint density at radius 1 is 1.12 bits per heavy atom. The van der Waals surface area contributed by atoms with Crippen LogP contribution in [-0.4, -0.2) is 29.0 Å². The summed E-state index contributed by atoms with van der Waals surface area (Å²) in [4.78, 5) is 19.9. The lowest BCUT2D eigenvalue weighted by atomic mass is 10.0. The molecule has 0 aliphatic heterocycles. The van der Waals surface area contributed by atoms with E-state index in [1.54, 1.807) is 6.20 Å². The van der Waals surface area contributed by atoms with Crippen LogP contribution in [0.3, 0.4) is 0 Å². The van der Waals surface area contributed by atoms with E-state index in [4.69, 9.17) is 0 Å². The summed E-state index contributed by atoms with van der Waals surface area (Å²) in [5.41, 5.74) is 7.85. The second-order valence-electron chi connectivity index (χ2n) is 6.88. The summed E-state index contributed by atoms with van der Waals surface area (Å²) in [7, 11) is 0. The number of amides is 1. The molecule has 1 amide bonds. The van der Waals surface area contributed by atoms with E-state index in [2.05, 4.69) is 46.6 Å². The van der Waals surface area contributed by atoms with Gasteiger partial charge >= 0.3 is 0 Å². The van der Waals surface area contributed by atoms with Gasteiger partial charge in [0.2, 0.25) is 5.91 Å². The maximum Gasteiger partial charge on any atom is 0.224 e. The number of carbonyl (C=O) groups is 1. The average molecular weight is 350 g/mol. The molecule has 0 unspecified atom stereocenters. The number of fused-ring (bicyclic) bond motifs is 1. The molecule has 5 nitrogen and oxygen atoms in total. The van der Waals surface area contributed by atoms with Crippen LogP contribution < -0.4 is 10.6 Å². The van der Waals surface area contributed by atoms with Crippen molar-refractivity contribution >= 4 is 22.5 Å². The number of hydrogen-bond donors (Lipinski definition) is 3. The van der Waals surface area contributed by atoms with Crippen LogP contribution in [0.25, 0.3) is 10.9 Å². The van der Waals surface area contributed by atoms with Crippen molar-refractivity contribution in [1.29, 1.82) is 0 Å². The zero-order valence-electron chi connectivity index (χ0n) is 15.9. The third-order valence-electron chi connectivity index (χ3n) is 4.69. The molecule has 0 aliphatic carbocycles. The van der Waals surface area contributed by atoms with Crippen molar-refractivity contribution in [2.24, 2.45) is 0 Å². The van der Waals surface area contributed by atoms with Crippen molar-refractivity contribution in [2.75, 3.05) is 18.4 Å². The van der Waals surface area contributed by atoms with Crippen LogP contribution in [-0.2, 0) is 11.2 Å². The Bertz CT molecular complexity index is 943. The van der Waals surface area contributed by atoms with Gasteiger partial charge in [-0.2, -0.15) is 0 Å². The summed E-state index contributed by atoms with van der Waals surface area (Å²) in [6.45, 7) is 9.50. The van der Waals surface area contributed by atoms with Gasteiger partial charge in [0.1, 0.15) is 0 Å². The van der Waals surface area contributed by atoms with E-state index in [1.165, 1.54) is 11.1 Å². The highest BCUT2D eigenvalue weighted by molar-refractivity contribution is 5.92. The number of carbonyl (C=O) groups excluding carboxylic acids is 1. The molecule has 2 aromatic heterocycles. The number of nitrogens with one attached hydrogen (secondary N) is 3. The van der Waals surface area contributed by atoms with Gasteiger partial charge in [-0.25, -0.2) is 0 Å². The Balaban J connectivity index is 1.59. The third kappa shape index (κ3) is 3.87. The highest BCUT2D eigenvalue weighted by atomic mass is 16.1. The minimum atomic E-state index is 0.0430. The Morgan fingerprint density at radius 3 is 2.69 bits per heavy atom. The lowest BCUT2D eigenvalue weighted by Gasteiger charge is -2.10. The number of aryl methyl sites for hydroxylation is 4. The van der Waals surface area contributed by atoms with Crippen LogP contribution >= 0.6 is 0 Å². The van der Waals surface area contributed by atoms with Crippen molar-refractivity contribution in [3.63, 3.8) is 0 Å². The fourth-order valence-corrected chi connectivity index (χ4v) is 3.36. The fourth-order valence-electron chi connectivity index (χ4n) is 3.36. The Kier molecular flexibility index (Phi) is 5.26. The van der Waals surface area contributed by atoms with E-state index >= 15 is 0 Å². The molecule has 0 fully saturated rings. The maximum absolute atomic E-state index is 12.4. The van der Waals surface area contributed by atoms with E-state index in [9.17, 15) is 4.79 Å². The zero-order chi connectivity index (χ0) is 18.7. The number of hydrogen-bond acceptors (Lipinski definition) is 3. The average Bonchev–Trinajstić information content (AvgIpc) is 2.90. The van der Waals surface area contributed by atoms with Gasteiger partial charge in [0.05, 0.1) is 6.42 Å². The molecule has 0 radical (unpaired) electrons. The van der Waals surface area contributed by atoms with E-state index < -0.39 is 0 Å². The Morgan fingerprint density at radius 2 is 1.92 bits per heavy atom. The highest BCUT2D eigenvalue weighted by Gasteiger charge is 2.14. The van der Waals surface area contributed by atoms with Gasteiger partial charge < -0.3 is 15.6 Å². The zero-order valence-corrected chi connectivity index (χ0v) is 15.9. The summed E-state index contributed by atoms with van der Waals surface area (Å²) >= 11 is 0. The van der Waals surface area contributed by atoms with Gasteiger partial charge in [0.15, 0.2) is 0 Å². The van der Waals surface area contributed by atoms with Crippen LogP contribution in [0, 0.1) is 27.7 Å². The van der Waals surface area contributed by atoms with Gasteiger partial charge in [0.25, 0.3) is 0 Å². The predicted octanol–water partition coefficient (Wildman–Crippen LogP) is 3.57. The molecule has 0 aliphatic rings. The van der Waals surface area contributed by atoms with Crippen LogP contribution in [0.1, 0.15) is 27.9 Å². The number of pyridine rings is 1. The summed E-state index contributed by atoms with van der Waals surface area (Å²) in [5, 5.41) is 7.48. The molecule has 26 heavy (non-hydrogen) atoms. The van der Waals surface area contributed by atoms with E-state index in [1.807, 2.05) is 26.1 Å². The number of rotatable bonds is 6. The van der Waals surface area contributed by atoms with Gasteiger partial charge in [-0.1, -0.05) is 11.6 Å². The molecule has 3 rings (SSSR count). The standard InChI is InChI=1S/C21H26N4O/c1-13-9-14(2)21-18(10-13)17(16(4)25-21)11-20(26)24-8-7-23-19-5-6-22-12-15(19)3/h5-6,9-10,12,25H,7-8,11H2,1-4H3,(H,22,23)(H,24,26). The predicted molar refractivity (Wildman–Crippen MR) is 107 cm³/mol. The molecule has 5 heteroatoms. The lowest BCUT2D eigenvalue weighted by Crippen LogP contribution is -2.30. The molecule has 0 atom stereocenters. The number of nitrogens with zero attached hydrogens (tertiary/aromatic N) is 1. The Hall–Kier alpha value is -2.82. The molecule has 0 saturated carbocycles. The monoisotopic (exact) mass is 350 g/mol. The molecule has 3 N–H and O–H groups in total. The third-order valence-corrected chi connectivity index (χ3v) is 4.69. The molecule has 1 aromatic carbocycles. The van der Waals surface area contributed by atoms with E-state index in [-0.39, 0.29) is 5.91 Å². The number of aromatic amines is 1. The molecule has 2 heterocycles. The minimum absolute atomic E-state index is 0.0430. The van der Waals surface area contributed by atoms with Crippen LogP contribution in [0.5, 0.6) is 0 Å². The maximum atomic E-state index is 12.4. The van der Waals surface area contributed by atoms with E-state index in [0.29, 0.717) is 19.5 Å². The summed E-state index contributed by atoms with van der Waals surface area (Å²) in [6.07, 6.45) is 3.98. The quantitative estimate of drug-likeness (QED) is 0.595. The summed E-state index contributed by atoms with van der Waals surface area (Å²) < 4.78 is 0. The number of benzene rings is 1. The first kappa shape index (κ1) is 18.0. The second-order valence-corrected chi connectivity index (χ2v) is 6.88. The van der Waals surface area contributed by atoms with Crippen molar-refractivity contribution in [3.05, 3.63) is 58.5 Å². The molecule has 3 aromatic rings. The number of H-pyrrole nitrogens is 1. The minimum Gasteiger partial charge on any atom is -0.383 e. The second kappa shape index (κ2) is 7.60. The normalized spacial score (nSPS) is 10.9. The van der Waals surface area contributed by atoms with Crippen LogP contribution in [0.2, 0.25) is 0 Å². The van der Waals surface area contributed by atoms with Crippen molar-refractivity contribution in [1.82, 2.24) is 15.3 Å². The first-order valence-electron chi connectivity index (χ1n) is 8.95. The van der Waals surface area contributed by atoms with Gasteiger partial charge in [-0.05, 0) is 56.5 Å². The molecule has 0 spiro atoms. The fraction of sp³-hybridized carbons (Fsp3) is 0.333. The molecular weight excluding hydrogens is 324 g/mol. The topological polar surface area (TPSA) is 69.8 Å².